The van der Waals surface area contributed by atoms with E-state index in [-0.39, 0.29) is 6.61 Å². The maximum absolute atomic E-state index is 9.64. The predicted octanol–water partition coefficient (Wildman–Crippen LogP) is 1.29. The fraction of sp³-hybridized carbons (Fsp3) is 0.500. The van der Waals surface area contributed by atoms with Crippen molar-refractivity contribution in [3.05, 3.63) is 39.3 Å². The number of hydrogen-bond acceptors (Lipinski definition) is 5. The second kappa shape index (κ2) is 5.65. The molecule has 2 aromatic rings. The summed E-state index contributed by atoms with van der Waals surface area (Å²) in [6.45, 7) is 5.43. The molecule has 0 radical (unpaired) electrons. The second-order valence-corrected chi connectivity index (χ2v) is 6.58. The van der Waals surface area contributed by atoms with Gasteiger partial charge in [0.15, 0.2) is 0 Å². The van der Waals surface area contributed by atoms with Crippen molar-refractivity contribution in [2.75, 3.05) is 13.2 Å². The molecule has 1 atom stereocenters. The summed E-state index contributed by atoms with van der Waals surface area (Å²) >= 11 is 1.84. The average Bonchev–Trinajstić information content (AvgIpc) is 3.03. The lowest BCUT2D eigenvalue weighted by Gasteiger charge is -2.26. The van der Waals surface area contributed by atoms with Crippen LogP contribution in [-0.4, -0.2) is 38.0 Å². The fourth-order valence-electron chi connectivity index (χ4n) is 2.52. The van der Waals surface area contributed by atoms with Gasteiger partial charge in [0.05, 0.1) is 24.5 Å². The molecule has 2 aromatic heterocycles. The summed E-state index contributed by atoms with van der Waals surface area (Å²) in [5.74, 6) is 0. The Morgan fingerprint density at radius 2 is 2.25 bits per heavy atom. The number of aromatic nitrogens is 2. The number of aliphatic hydroxyl groups is 2. The molecule has 6 heteroatoms. The van der Waals surface area contributed by atoms with Crippen LogP contribution in [0.25, 0.3) is 0 Å². The summed E-state index contributed by atoms with van der Waals surface area (Å²) in [7, 11) is 0. The van der Waals surface area contributed by atoms with E-state index in [1.807, 2.05) is 22.1 Å². The molecule has 2 N–H and O–H groups in total. The van der Waals surface area contributed by atoms with E-state index in [1.165, 1.54) is 9.75 Å². The van der Waals surface area contributed by atoms with Gasteiger partial charge in [-0.3, -0.25) is 9.58 Å². The molecule has 0 aromatic carbocycles. The van der Waals surface area contributed by atoms with Crippen LogP contribution in [-0.2, 0) is 19.6 Å². The summed E-state index contributed by atoms with van der Waals surface area (Å²) in [6.07, 6.45) is -0.874. The maximum Gasteiger partial charge on any atom is 0.121 e. The Labute approximate surface area is 122 Å². The van der Waals surface area contributed by atoms with Crippen LogP contribution in [0.2, 0.25) is 0 Å². The van der Waals surface area contributed by atoms with Gasteiger partial charge in [-0.15, -0.1) is 11.3 Å². The van der Waals surface area contributed by atoms with Gasteiger partial charge in [-0.05, 0) is 25.1 Å². The third-order valence-electron chi connectivity index (χ3n) is 3.59. The van der Waals surface area contributed by atoms with Crippen molar-refractivity contribution >= 4 is 11.3 Å². The Balaban J connectivity index is 1.70. The summed E-state index contributed by atoms with van der Waals surface area (Å²) in [6, 6.07) is 6.24. The monoisotopic (exact) mass is 293 g/mol. The van der Waals surface area contributed by atoms with Gasteiger partial charge in [0, 0.05) is 29.4 Å². The van der Waals surface area contributed by atoms with Crippen LogP contribution in [0.3, 0.4) is 0 Å². The van der Waals surface area contributed by atoms with Crippen LogP contribution in [0.4, 0.5) is 0 Å². The number of fused-ring (bicyclic) bond motifs is 1. The number of aryl methyl sites for hydroxylation is 1. The molecular weight excluding hydrogens is 274 g/mol. The Morgan fingerprint density at radius 3 is 2.95 bits per heavy atom. The van der Waals surface area contributed by atoms with Crippen molar-refractivity contribution in [3.63, 3.8) is 0 Å². The first-order valence-electron chi connectivity index (χ1n) is 6.79. The first kappa shape index (κ1) is 13.8. The number of hydrogen-bond donors (Lipinski definition) is 2. The Morgan fingerprint density at radius 1 is 1.40 bits per heavy atom. The highest BCUT2D eigenvalue weighted by atomic mass is 32.1. The van der Waals surface area contributed by atoms with E-state index in [2.05, 4.69) is 29.1 Å². The van der Waals surface area contributed by atoms with Gasteiger partial charge < -0.3 is 10.2 Å². The molecule has 1 aliphatic heterocycles. The van der Waals surface area contributed by atoms with Crippen LogP contribution in [0.1, 0.15) is 27.2 Å². The lowest BCUT2D eigenvalue weighted by Crippen LogP contribution is -2.33. The number of thiophene rings is 1. The molecule has 5 nitrogen and oxygen atoms in total. The molecule has 20 heavy (non-hydrogen) atoms. The zero-order valence-electron chi connectivity index (χ0n) is 11.5. The lowest BCUT2D eigenvalue weighted by atomic mass is 10.2. The minimum absolute atomic E-state index is 0.283. The first-order valence-corrected chi connectivity index (χ1v) is 7.60. The smallest absolute Gasteiger partial charge is 0.121 e. The Bertz CT molecular complexity index is 593. The summed E-state index contributed by atoms with van der Waals surface area (Å²) in [5.41, 5.74) is 1.67. The average molecular weight is 293 g/mol. The normalized spacial score (nSPS) is 17.1. The van der Waals surface area contributed by atoms with E-state index in [0.717, 1.165) is 31.9 Å². The van der Waals surface area contributed by atoms with E-state index in [0.29, 0.717) is 5.69 Å². The van der Waals surface area contributed by atoms with Gasteiger partial charge in [0.1, 0.15) is 6.10 Å². The van der Waals surface area contributed by atoms with Gasteiger partial charge in [-0.25, -0.2) is 0 Å². The van der Waals surface area contributed by atoms with E-state index in [1.54, 1.807) is 0 Å². The Hall–Kier alpha value is -1.21. The molecule has 108 valence electrons. The van der Waals surface area contributed by atoms with Crippen LogP contribution in [0, 0.1) is 6.92 Å². The van der Waals surface area contributed by atoms with Gasteiger partial charge in [-0.1, -0.05) is 0 Å². The molecule has 3 heterocycles. The summed E-state index contributed by atoms with van der Waals surface area (Å²) < 4.78 is 1.93. The minimum Gasteiger partial charge on any atom is -0.393 e. The molecular formula is C14H19N3O2S. The molecule has 0 aliphatic carbocycles. The van der Waals surface area contributed by atoms with Crippen molar-refractivity contribution in [2.24, 2.45) is 0 Å². The van der Waals surface area contributed by atoms with E-state index in [4.69, 9.17) is 5.11 Å². The largest absolute Gasteiger partial charge is 0.393 e. The number of nitrogens with zero attached hydrogens (tertiary/aromatic N) is 3. The second-order valence-electron chi connectivity index (χ2n) is 5.21. The topological polar surface area (TPSA) is 61.5 Å². The highest BCUT2D eigenvalue weighted by Gasteiger charge is 2.21. The third kappa shape index (κ3) is 2.78. The number of rotatable bonds is 4. The molecule has 0 bridgehead atoms. The van der Waals surface area contributed by atoms with Crippen LogP contribution in [0.5, 0.6) is 0 Å². The standard InChI is InChI=1S/C14H19N3O2S/c1-10-2-3-12(20-10)8-16-4-5-17-11(7-16)6-13(15-17)14(19)9-18/h2-3,6,14,18-19H,4-5,7-9H2,1H3. The fourth-order valence-corrected chi connectivity index (χ4v) is 3.46. The van der Waals surface area contributed by atoms with E-state index in [9.17, 15) is 5.11 Å². The molecule has 0 saturated carbocycles. The van der Waals surface area contributed by atoms with Gasteiger partial charge >= 0.3 is 0 Å². The van der Waals surface area contributed by atoms with Crippen LogP contribution in [0.15, 0.2) is 18.2 Å². The van der Waals surface area contributed by atoms with Crippen molar-refractivity contribution < 1.29 is 10.2 Å². The molecule has 0 fully saturated rings. The quantitative estimate of drug-likeness (QED) is 0.892. The third-order valence-corrected chi connectivity index (χ3v) is 4.57. The van der Waals surface area contributed by atoms with E-state index >= 15 is 0 Å². The van der Waals surface area contributed by atoms with Gasteiger partial charge in [0.2, 0.25) is 0 Å². The minimum atomic E-state index is -0.874. The predicted molar refractivity (Wildman–Crippen MR) is 77.4 cm³/mol. The molecule has 0 amide bonds. The highest BCUT2D eigenvalue weighted by molar-refractivity contribution is 7.11. The summed E-state index contributed by atoms with van der Waals surface area (Å²) in [4.78, 5) is 5.11. The first-order chi connectivity index (χ1) is 9.65. The van der Waals surface area contributed by atoms with Gasteiger partial charge in [0.25, 0.3) is 0 Å². The SMILES string of the molecule is Cc1ccc(CN2CCn3nc(C(O)CO)cc3C2)s1. The van der Waals surface area contributed by atoms with Gasteiger partial charge in [-0.2, -0.15) is 5.10 Å². The van der Waals surface area contributed by atoms with Crippen LogP contribution >= 0.6 is 11.3 Å². The highest BCUT2D eigenvalue weighted by Crippen LogP contribution is 2.22. The zero-order chi connectivity index (χ0) is 14.1. The molecule has 0 saturated heterocycles. The maximum atomic E-state index is 9.64. The Kier molecular flexibility index (Phi) is 3.89. The summed E-state index contributed by atoms with van der Waals surface area (Å²) in [5, 5.41) is 23.0. The molecule has 1 aliphatic rings. The van der Waals surface area contributed by atoms with Crippen LogP contribution < -0.4 is 0 Å². The molecule has 1 unspecified atom stereocenters. The molecule has 0 spiro atoms. The number of aliphatic hydroxyl groups excluding tert-OH is 2. The van der Waals surface area contributed by atoms with E-state index < -0.39 is 6.10 Å². The lowest BCUT2D eigenvalue weighted by molar-refractivity contribution is 0.0915. The van der Waals surface area contributed by atoms with Crippen molar-refractivity contribution in [1.29, 1.82) is 0 Å². The molecule has 3 rings (SSSR count). The van der Waals surface area contributed by atoms with Crippen molar-refractivity contribution in [3.8, 4) is 0 Å². The van der Waals surface area contributed by atoms with Crippen molar-refractivity contribution in [1.82, 2.24) is 14.7 Å². The zero-order valence-corrected chi connectivity index (χ0v) is 12.3. The van der Waals surface area contributed by atoms with Crippen molar-refractivity contribution in [2.45, 2.75) is 32.7 Å².